The highest BCUT2D eigenvalue weighted by Crippen LogP contribution is 2.31. The van der Waals surface area contributed by atoms with Gasteiger partial charge in [0.25, 0.3) is 0 Å². The normalized spacial score (nSPS) is 34.5. The van der Waals surface area contributed by atoms with Gasteiger partial charge in [-0.15, -0.1) is 0 Å². The maximum absolute atomic E-state index is 11.5. The van der Waals surface area contributed by atoms with Crippen molar-refractivity contribution in [1.82, 2.24) is 4.90 Å². The van der Waals surface area contributed by atoms with Crippen LogP contribution < -0.4 is 0 Å². The lowest BCUT2D eigenvalue weighted by Gasteiger charge is -2.27. The van der Waals surface area contributed by atoms with E-state index in [9.17, 15) is 9.90 Å². The van der Waals surface area contributed by atoms with Crippen LogP contribution in [-0.4, -0.2) is 35.1 Å². The Bertz CT molecular complexity index is 205. The van der Waals surface area contributed by atoms with Gasteiger partial charge >= 0.3 is 0 Å². The Balaban J connectivity index is 2.11. The highest BCUT2D eigenvalue weighted by Gasteiger charge is 2.36. The van der Waals surface area contributed by atoms with Crippen LogP contribution in [0.3, 0.4) is 0 Å². The first-order chi connectivity index (χ1) is 6.33. The molecule has 2 heterocycles. The monoisotopic (exact) mass is 183 g/mol. The molecule has 13 heavy (non-hydrogen) atoms. The summed E-state index contributed by atoms with van der Waals surface area (Å²) in [5, 5.41) is 9.21. The third-order valence-corrected chi connectivity index (χ3v) is 3.38. The number of carbonyl (C=O) groups is 1. The number of nitrogens with zero attached hydrogens (tertiary/aromatic N) is 1. The first-order valence-corrected chi connectivity index (χ1v) is 5.23. The van der Waals surface area contributed by atoms with Crippen molar-refractivity contribution in [1.29, 1.82) is 0 Å². The highest BCUT2D eigenvalue weighted by atomic mass is 16.3. The van der Waals surface area contributed by atoms with Gasteiger partial charge < -0.3 is 10.0 Å². The Morgan fingerprint density at radius 2 is 2.23 bits per heavy atom. The molecule has 2 rings (SSSR count). The Labute approximate surface area is 78.7 Å². The average Bonchev–Trinajstić information content (AvgIpc) is 2.39. The van der Waals surface area contributed by atoms with Crippen LogP contribution in [0.25, 0.3) is 0 Å². The van der Waals surface area contributed by atoms with Crippen molar-refractivity contribution >= 4 is 5.91 Å². The quantitative estimate of drug-likeness (QED) is 0.652. The fourth-order valence-corrected chi connectivity index (χ4v) is 2.63. The smallest absolute Gasteiger partial charge is 0.222 e. The first-order valence-electron chi connectivity index (χ1n) is 5.23. The van der Waals surface area contributed by atoms with E-state index >= 15 is 0 Å². The third kappa shape index (κ3) is 1.57. The fraction of sp³-hybridized carbons (Fsp3) is 0.900. The van der Waals surface area contributed by atoms with Crippen LogP contribution in [0.15, 0.2) is 0 Å². The van der Waals surface area contributed by atoms with Crippen LogP contribution in [0, 0.1) is 5.92 Å². The molecule has 2 fully saturated rings. The molecule has 0 radical (unpaired) electrons. The molecule has 2 aliphatic heterocycles. The number of hydrogen-bond donors (Lipinski definition) is 1. The zero-order valence-corrected chi connectivity index (χ0v) is 7.91. The summed E-state index contributed by atoms with van der Waals surface area (Å²) in [4.78, 5) is 13.5. The summed E-state index contributed by atoms with van der Waals surface area (Å²) in [6, 6.07) is 0.347. The third-order valence-electron chi connectivity index (χ3n) is 3.38. The van der Waals surface area contributed by atoms with Crippen molar-refractivity contribution in [3.8, 4) is 0 Å². The van der Waals surface area contributed by atoms with E-state index in [-0.39, 0.29) is 6.61 Å². The Morgan fingerprint density at radius 3 is 3.00 bits per heavy atom. The van der Waals surface area contributed by atoms with Gasteiger partial charge in [0, 0.05) is 31.5 Å². The average molecular weight is 183 g/mol. The first kappa shape index (κ1) is 9.00. The summed E-state index contributed by atoms with van der Waals surface area (Å²) in [7, 11) is 0. The largest absolute Gasteiger partial charge is 0.396 e. The summed E-state index contributed by atoms with van der Waals surface area (Å²) < 4.78 is 0. The lowest BCUT2D eigenvalue weighted by atomic mass is 9.95. The van der Waals surface area contributed by atoms with Gasteiger partial charge in [-0.2, -0.15) is 0 Å². The molecule has 0 aromatic carbocycles. The zero-order valence-electron chi connectivity index (χ0n) is 7.91. The molecule has 74 valence electrons. The zero-order chi connectivity index (χ0) is 9.26. The van der Waals surface area contributed by atoms with Gasteiger partial charge in [-0.05, 0) is 19.3 Å². The van der Waals surface area contributed by atoms with E-state index in [4.69, 9.17) is 0 Å². The van der Waals surface area contributed by atoms with Crippen molar-refractivity contribution in [2.45, 2.75) is 38.1 Å². The maximum atomic E-state index is 11.5. The maximum Gasteiger partial charge on any atom is 0.222 e. The predicted octanol–water partition coefficient (Wildman–Crippen LogP) is 0.770. The van der Waals surface area contributed by atoms with E-state index in [1.807, 2.05) is 4.90 Å². The van der Waals surface area contributed by atoms with Crippen molar-refractivity contribution in [3.63, 3.8) is 0 Å². The SMILES string of the molecule is O=C1CC[C@@H]2[C@H](CO)CCCCN12. The molecule has 0 spiro atoms. The molecule has 3 nitrogen and oxygen atoms in total. The molecule has 0 aromatic heterocycles. The predicted molar refractivity (Wildman–Crippen MR) is 49.2 cm³/mol. The second-order valence-electron chi connectivity index (χ2n) is 4.13. The molecule has 0 aliphatic carbocycles. The van der Waals surface area contributed by atoms with Gasteiger partial charge in [-0.25, -0.2) is 0 Å². The van der Waals surface area contributed by atoms with E-state index in [2.05, 4.69) is 0 Å². The Morgan fingerprint density at radius 1 is 1.38 bits per heavy atom. The van der Waals surface area contributed by atoms with E-state index in [0.717, 1.165) is 32.2 Å². The molecule has 2 aliphatic rings. The van der Waals surface area contributed by atoms with Crippen LogP contribution in [-0.2, 0) is 4.79 Å². The number of aliphatic hydroxyl groups excluding tert-OH is 1. The van der Waals surface area contributed by atoms with Gasteiger partial charge in [-0.3, -0.25) is 4.79 Å². The van der Waals surface area contributed by atoms with E-state index < -0.39 is 0 Å². The van der Waals surface area contributed by atoms with E-state index in [1.54, 1.807) is 0 Å². The minimum atomic E-state index is 0.244. The molecular formula is C10H17NO2. The molecule has 2 saturated heterocycles. The summed E-state index contributed by atoms with van der Waals surface area (Å²) in [6.07, 6.45) is 5.01. The molecule has 0 unspecified atom stereocenters. The summed E-state index contributed by atoms with van der Waals surface area (Å²) in [5.41, 5.74) is 0. The fourth-order valence-electron chi connectivity index (χ4n) is 2.63. The van der Waals surface area contributed by atoms with Gasteiger partial charge in [0.15, 0.2) is 0 Å². The lowest BCUT2D eigenvalue weighted by molar-refractivity contribution is -0.129. The molecule has 1 amide bonds. The number of hydrogen-bond acceptors (Lipinski definition) is 2. The molecule has 0 bridgehead atoms. The molecule has 1 N–H and O–H groups in total. The minimum absolute atomic E-state index is 0.244. The number of fused-ring (bicyclic) bond motifs is 1. The number of aliphatic hydroxyl groups is 1. The minimum Gasteiger partial charge on any atom is -0.396 e. The van der Waals surface area contributed by atoms with E-state index in [1.165, 1.54) is 0 Å². The lowest BCUT2D eigenvalue weighted by Crippen LogP contribution is -2.38. The summed E-state index contributed by atoms with van der Waals surface area (Å²) in [6.45, 7) is 1.16. The second kappa shape index (κ2) is 3.66. The van der Waals surface area contributed by atoms with Crippen molar-refractivity contribution < 1.29 is 9.90 Å². The standard InChI is InChI=1S/C10H17NO2/c12-7-8-3-1-2-6-11-9(8)4-5-10(11)13/h8-9,12H,1-7H2/t8-,9+/m0/s1. The molecule has 0 aromatic rings. The Hall–Kier alpha value is -0.570. The topological polar surface area (TPSA) is 40.5 Å². The van der Waals surface area contributed by atoms with Gasteiger partial charge in [0.2, 0.25) is 5.91 Å². The van der Waals surface area contributed by atoms with Crippen LogP contribution in [0.1, 0.15) is 32.1 Å². The van der Waals surface area contributed by atoms with Gasteiger partial charge in [0.1, 0.15) is 0 Å². The van der Waals surface area contributed by atoms with Gasteiger partial charge in [0.05, 0.1) is 0 Å². The molecule has 2 atom stereocenters. The molecule has 3 heteroatoms. The Kier molecular flexibility index (Phi) is 2.54. The molecular weight excluding hydrogens is 166 g/mol. The van der Waals surface area contributed by atoms with Crippen LogP contribution >= 0.6 is 0 Å². The number of carbonyl (C=O) groups excluding carboxylic acids is 1. The number of rotatable bonds is 1. The van der Waals surface area contributed by atoms with Crippen LogP contribution in [0.4, 0.5) is 0 Å². The summed E-state index contributed by atoms with van der Waals surface area (Å²) in [5.74, 6) is 0.638. The summed E-state index contributed by atoms with van der Waals surface area (Å²) >= 11 is 0. The van der Waals surface area contributed by atoms with E-state index in [0.29, 0.717) is 24.3 Å². The van der Waals surface area contributed by atoms with Crippen LogP contribution in [0.5, 0.6) is 0 Å². The van der Waals surface area contributed by atoms with Crippen LogP contribution in [0.2, 0.25) is 0 Å². The van der Waals surface area contributed by atoms with Crippen molar-refractivity contribution in [3.05, 3.63) is 0 Å². The van der Waals surface area contributed by atoms with Gasteiger partial charge in [-0.1, -0.05) is 6.42 Å². The van der Waals surface area contributed by atoms with Crippen molar-refractivity contribution in [2.75, 3.05) is 13.2 Å². The molecule has 0 saturated carbocycles. The second-order valence-corrected chi connectivity index (χ2v) is 4.13. The number of amides is 1. The highest BCUT2D eigenvalue weighted by molar-refractivity contribution is 5.78. The van der Waals surface area contributed by atoms with Crippen molar-refractivity contribution in [2.24, 2.45) is 5.92 Å².